The second-order valence-corrected chi connectivity index (χ2v) is 7.69. The molecule has 0 bridgehead atoms. The van der Waals surface area contributed by atoms with Gasteiger partial charge in [-0.3, -0.25) is 4.31 Å². The highest BCUT2D eigenvalue weighted by atomic mass is 35.5. The van der Waals surface area contributed by atoms with Crippen molar-refractivity contribution < 1.29 is 31.1 Å². The molecule has 2 rings (SSSR count). The Labute approximate surface area is 164 Å². The van der Waals surface area contributed by atoms with Gasteiger partial charge in [-0.25, -0.2) is 23.2 Å². The molecule has 0 saturated carbocycles. The molecular formula is C16H15ClF3N3O4S. The lowest BCUT2D eigenvalue weighted by Crippen LogP contribution is -2.34. The number of carbonyl (C=O) groups excluding carboxylic acids is 1. The molecule has 0 N–H and O–H groups in total. The molecule has 0 unspecified atom stereocenters. The summed E-state index contributed by atoms with van der Waals surface area (Å²) in [7, 11) is -3.17. The molecule has 0 spiro atoms. The standard InChI is InChI=1S/C16H15ClF3N3O4S/c1-3-23(14-13(15(24)27-2)21-7-8-22-14)28(25,26)9-10-5-4-6-11(12(10)17)16(18,19)20/h4-8H,3,9H2,1-2H3. The van der Waals surface area contributed by atoms with E-state index in [-0.39, 0.29) is 23.6 Å². The maximum atomic E-state index is 13.0. The van der Waals surface area contributed by atoms with Crippen LogP contribution in [0.15, 0.2) is 30.6 Å². The van der Waals surface area contributed by atoms with E-state index >= 15 is 0 Å². The third-order valence-electron chi connectivity index (χ3n) is 3.64. The summed E-state index contributed by atoms with van der Waals surface area (Å²) in [4.78, 5) is 19.5. The summed E-state index contributed by atoms with van der Waals surface area (Å²) in [6.07, 6.45) is -2.37. The minimum Gasteiger partial charge on any atom is -0.464 e. The average molecular weight is 438 g/mol. The van der Waals surface area contributed by atoms with Crippen molar-refractivity contribution in [2.45, 2.75) is 18.9 Å². The SMILES string of the molecule is CCN(c1nccnc1C(=O)OC)S(=O)(=O)Cc1cccc(C(F)(F)F)c1Cl. The molecule has 0 radical (unpaired) electrons. The molecule has 7 nitrogen and oxygen atoms in total. The van der Waals surface area contributed by atoms with Crippen molar-refractivity contribution in [3.63, 3.8) is 0 Å². The first-order valence-corrected chi connectivity index (χ1v) is 9.76. The molecule has 0 atom stereocenters. The fourth-order valence-corrected chi connectivity index (χ4v) is 4.38. The van der Waals surface area contributed by atoms with Crippen molar-refractivity contribution in [2.24, 2.45) is 0 Å². The normalized spacial score (nSPS) is 11.9. The van der Waals surface area contributed by atoms with E-state index in [1.165, 1.54) is 25.4 Å². The van der Waals surface area contributed by atoms with E-state index in [0.29, 0.717) is 0 Å². The van der Waals surface area contributed by atoms with E-state index in [1.807, 2.05) is 0 Å². The molecular weight excluding hydrogens is 423 g/mol. The molecule has 28 heavy (non-hydrogen) atoms. The average Bonchev–Trinajstić information content (AvgIpc) is 2.62. The van der Waals surface area contributed by atoms with Gasteiger partial charge in [-0.05, 0) is 18.6 Å². The van der Waals surface area contributed by atoms with Gasteiger partial charge < -0.3 is 4.74 Å². The van der Waals surface area contributed by atoms with Gasteiger partial charge in [-0.15, -0.1) is 0 Å². The van der Waals surface area contributed by atoms with Crippen LogP contribution in [-0.4, -0.2) is 38.0 Å². The number of sulfonamides is 1. The van der Waals surface area contributed by atoms with E-state index in [4.69, 9.17) is 11.6 Å². The lowest BCUT2D eigenvalue weighted by molar-refractivity contribution is -0.137. The number of ether oxygens (including phenoxy) is 1. The fraction of sp³-hybridized carbons (Fsp3) is 0.312. The van der Waals surface area contributed by atoms with Crippen molar-refractivity contribution in [3.05, 3.63) is 52.4 Å². The van der Waals surface area contributed by atoms with Crippen LogP contribution in [0.4, 0.5) is 19.0 Å². The monoisotopic (exact) mass is 437 g/mol. The van der Waals surface area contributed by atoms with Crippen LogP contribution in [0.25, 0.3) is 0 Å². The molecule has 1 aromatic carbocycles. The Kier molecular flexibility index (Phi) is 6.50. The highest BCUT2D eigenvalue weighted by Crippen LogP contribution is 2.37. The molecule has 1 aromatic heterocycles. The summed E-state index contributed by atoms with van der Waals surface area (Å²) in [5, 5.41) is -0.707. The first kappa shape index (κ1) is 21.9. The Hall–Kier alpha value is -2.40. The second-order valence-electron chi connectivity index (χ2n) is 5.42. The molecule has 0 amide bonds. The lowest BCUT2D eigenvalue weighted by Gasteiger charge is -2.23. The molecule has 12 heteroatoms. The van der Waals surface area contributed by atoms with Gasteiger partial charge in [0, 0.05) is 18.9 Å². The van der Waals surface area contributed by atoms with Crippen molar-refractivity contribution in [3.8, 4) is 0 Å². The van der Waals surface area contributed by atoms with Crippen LogP contribution in [0, 0.1) is 0 Å². The van der Waals surface area contributed by atoms with Gasteiger partial charge in [0.15, 0.2) is 11.5 Å². The van der Waals surface area contributed by atoms with Gasteiger partial charge >= 0.3 is 12.1 Å². The smallest absolute Gasteiger partial charge is 0.417 e. The van der Waals surface area contributed by atoms with E-state index in [9.17, 15) is 26.4 Å². The van der Waals surface area contributed by atoms with Crippen LogP contribution in [0.3, 0.4) is 0 Å². The minimum absolute atomic E-state index is 0.151. The maximum Gasteiger partial charge on any atom is 0.417 e. The number of anilines is 1. The summed E-state index contributed by atoms with van der Waals surface area (Å²) < 4.78 is 70.1. The number of carbonyl (C=O) groups is 1. The van der Waals surface area contributed by atoms with Gasteiger partial charge in [0.1, 0.15) is 0 Å². The number of benzene rings is 1. The molecule has 152 valence electrons. The van der Waals surface area contributed by atoms with E-state index in [2.05, 4.69) is 14.7 Å². The van der Waals surface area contributed by atoms with Gasteiger partial charge in [0.05, 0.1) is 23.4 Å². The number of methoxy groups -OCH3 is 1. The Morgan fingerprint density at radius 1 is 1.25 bits per heavy atom. The van der Waals surface area contributed by atoms with Crippen molar-refractivity contribution in [1.82, 2.24) is 9.97 Å². The zero-order valence-corrected chi connectivity index (χ0v) is 16.3. The number of nitrogens with zero attached hydrogens (tertiary/aromatic N) is 3. The number of hydrogen-bond acceptors (Lipinski definition) is 6. The van der Waals surface area contributed by atoms with E-state index in [1.54, 1.807) is 0 Å². The largest absolute Gasteiger partial charge is 0.464 e. The zero-order chi connectivity index (χ0) is 21.1. The van der Waals surface area contributed by atoms with Crippen LogP contribution >= 0.6 is 11.6 Å². The first-order valence-electron chi connectivity index (χ1n) is 7.77. The number of aromatic nitrogens is 2. The number of alkyl halides is 3. The van der Waals surface area contributed by atoms with Crippen molar-refractivity contribution >= 4 is 33.4 Å². The summed E-state index contributed by atoms with van der Waals surface area (Å²) in [6, 6.07) is 3.01. The highest BCUT2D eigenvalue weighted by molar-refractivity contribution is 7.92. The first-order chi connectivity index (χ1) is 13.0. The Bertz CT molecular complexity index is 983. The molecule has 0 fully saturated rings. The molecule has 0 saturated heterocycles. The second kappa shape index (κ2) is 8.31. The molecule has 0 aliphatic rings. The third-order valence-corrected chi connectivity index (χ3v) is 5.86. The fourth-order valence-electron chi connectivity index (χ4n) is 2.42. The molecule has 0 aliphatic carbocycles. The summed E-state index contributed by atoms with van der Waals surface area (Å²) >= 11 is 5.79. The quantitative estimate of drug-likeness (QED) is 0.644. The number of hydrogen-bond donors (Lipinski definition) is 0. The molecule has 0 aliphatic heterocycles. The molecule has 2 aromatic rings. The van der Waals surface area contributed by atoms with Crippen molar-refractivity contribution in [1.29, 1.82) is 0 Å². The van der Waals surface area contributed by atoms with Crippen molar-refractivity contribution in [2.75, 3.05) is 18.0 Å². The van der Waals surface area contributed by atoms with Gasteiger partial charge in [0.2, 0.25) is 10.0 Å². The summed E-state index contributed by atoms with van der Waals surface area (Å²) in [6.45, 7) is 1.32. The van der Waals surface area contributed by atoms with Crippen LogP contribution in [0.2, 0.25) is 5.02 Å². The van der Waals surface area contributed by atoms with Gasteiger partial charge in [-0.1, -0.05) is 23.7 Å². The Morgan fingerprint density at radius 3 is 2.46 bits per heavy atom. The van der Waals surface area contributed by atoms with Crippen LogP contribution in [0.1, 0.15) is 28.5 Å². The predicted octanol–water partition coefficient (Wildman–Crippen LogP) is 3.29. The number of halogens is 4. The summed E-state index contributed by atoms with van der Waals surface area (Å²) in [5.74, 6) is -2.03. The predicted molar refractivity (Wildman–Crippen MR) is 95.5 cm³/mol. The van der Waals surface area contributed by atoms with E-state index < -0.39 is 38.5 Å². The van der Waals surface area contributed by atoms with Crippen LogP contribution in [0.5, 0.6) is 0 Å². The number of esters is 1. The third kappa shape index (κ3) is 4.53. The minimum atomic E-state index is -4.73. The number of rotatable bonds is 6. The zero-order valence-electron chi connectivity index (χ0n) is 14.7. The Balaban J connectivity index is 2.49. The van der Waals surface area contributed by atoms with E-state index in [0.717, 1.165) is 23.5 Å². The topological polar surface area (TPSA) is 89.5 Å². The van der Waals surface area contributed by atoms with Crippen LogP contribution < -0.4 is 4.31 Å². The summed E-state index contributed by atoms with van der Waals surface area (Å²) in [5.41, 5.74) is -1.72. The van der Waals surface area contributed by atoms with Gasteiger partial charge in [-0.2, -0.15) is 13.2 Å². The molecule has 1 heterocycles. The van der Waals surface area contributed by atoms with Crippen LogP contribution in [-0.2, 0) is 26.7 Å². The highest BCUT2D eigenvalue weighted by Gasteiger charge is 2.35. The maximum absolute atomic E-state index is 13.0. The van der Waals surface area contributed by atoms with Gasteiger partial charge in [0.25, 0.3) is 0 Å². The Morgan fingerprint density at radius 2 is 1.89 bits per heavy atom. The lowest BCUT2D eigenvalue weighted by atomic mass is 10.1.